The van der Waals surface area contributed by atoms with Crippen LogP contribution >= 0.6 is 0 Å². The first-order chi connectivity index (χ1) is 11.1. The first-order valence-electron chi connectivity index (χ1n) is 7.31. The van der Waals surface area contributed by atoms with Crippen molar-refractivity contribution in [3.05, 3.63) is 71.3 Å². The molecule has 23 heavy (non-hydrogen) atoms. The molecule has 0 saturated carbocycles. The van der Waals surface area contributed by atoms with Gasteiger partial charge in [-0.15, -0.1) is 5.10 Å². The zero-order chi connectivity index (χ0) is 16.2. The second-order valence-corrected chi connectivity index (χ2v) is 5.34. The van der Waals surface area contributed by atoms with E-state index in [4.69, 9.17) is 0 Å². The van der Waals surface area contributed by atoms with Gasteiger partial charge in [0.05, 0.1) is 24.1 Å². The summed E-state index contributed by atoms with van der Waals surface area (Å²) in [6, 6.07) is 11.6. The number of amides is 1. The normalized spacial score (nSPS) is 10.5. The van der Waals surface area contributed by atoms with Crippen LogP contribution in [0.5, 0.6) is 0 Å². The molecule has 0 bridgehead atoms. The van der Waals surface area contributed by atoms with E-state index in [9.17, 15) is 4.79 Å². The van der Waals surface area contributed by atoms with Crippen LogP contribution < -0.4 is 5.32 Å². The molecule has 0 atom stereocenters. The average molecular weight is 307 g/mol. The number of nitrogens with one attached hydrogen (secondary N) is 1. The van der Waals surface area contributed by atoms with Gasteiger partial charge in [0.25, 0.3) is 5.91 Å². The van der Waals surface area contributed by atoms with Crippen molar-refractivity contribution in [1.29, 1.82) is 0 Å². The molecule has 0 aliphatic carbocycles. The van der Waals surface area contributed by atoms with E-state index in [1.807, 2.05) is 44.2 Å². The van der Waals surface area contributed by atoms with Crippen LogP contribution in [-0.2, 0) is 6.54 Å². The number of benzene rings is 1. The molecule has 1 aromatic carbocycles. The molecule has 3 aromatic rings. The van der Waals surface area contributed by atoms with Gasteiger partial charge in [-0.1, -0.05) is 29.0 Å². The van der Waals surface area contributed by atoms with Gasteiger partial charge < -0.3 is 5.32 Å². The van der Waals surface area contributed by atoms with Crippen molar-refractivity contribution in [1.82, 2.24) is 25.3 Å². The monoisotopic (exact) mass is 307 g/mol. The Bertz CT molecular complexity index is 826. The van der Waals surface area contributed by atoms with E-state index in [1.165, 1.54) is 5.56 Å². The second-order valence-electron chi connectivity index (χ2n) is 5.34. The van der Waals surface area contributed by atoms with Crippen LogP contribution in [0.15, 0.2) is 48.8 Å². The van der Waals surface area contributed by atoms with Gasteiger partial charge in [0.1, 0.15) is 0 Å². The summed E-state index contributed by atoms with van der Waals surface area (Å²) in [7, 11) is 0. The highest BCUT2D eigenvalue weighted by Crippen LogP contribution is 2.14. The quantitative estimate of drug-likeness (QED) is 0.802. The third-order valence-electron chi connectivity index (χ3n) is 3.48. The topological polar surface area (TPSA) is 72.7 Å². The SMILES string of the molecule is Cc1ccc(-n2cc(C(=O)NCc3ccccn3)nn2)c(C)c1. The van der Waals surface area contributed by atoms with Crippen LogP contribution in [-0.4, -0.2) is 25.9 Å². The summed E-state index contributed by atoms with van der Waals surface area (Å²) in [5.74, 6) is -0.272. The summed E-state index contributed by atoms with van der Waals surface area (Å²) >= 11 is 0. The number of carbonyl (C=O) groups excluding carboxylic acids is 1. The summed E-state index contributed by atoms with van der Waals surface area (Å²) in [6.07, 6.45) is 3.32. The molecule has 2 heterocycles. The Hall–Kier alpha value is -3.02. The summed E-state index contributed by atoms with van der Waals surface area (Å²) in [4.78, 5) is 16.3. The van der Waals surface area contributed by atoms with Crippen molar-refractivity contribution in [3.63, 3.8) is 0 Å². The maximum Gasteiger partial charge on any atom is 0.273 e. The molecule has 6 nitrogen and oxygen atoms in total. The first kappa shape index (κ1) is 14.9. The van der Waals surface area contributed by atoms with Crippen molar-refractivity contribution in [2.45, 2.75) is 20.4 Å². The maximum absolute atomic E-state index is 12.1. The van der Waals surface area contributed by atoms with E-state index < -0.39 is 0 Å². The van der Waals surface area contributed by atoms with Crippen LogP contribution in [0.4, 0.5) is 0 Å². The van der Waals surface area contributed by atoms with Gasteiger partial charge in [-0.05, 0) is 37.6 Å². The Labute approximate surface area is 134 Å². The van der Waals surface area contributed by atoms with E-state index in [-0.39, 0.29) is 11.6 Å². The molecule has 0 aliphatic heterocycles. The molecule has 6 heteroatoms. The summed E-state index contributed by atoms with van der Waals surface area (Å²) < 4.78 is 1.62. The smallest absolute Gasteiger partial charge is 0.273 e. The van der Waals surface area contributed by atoms with E-state index in [2.05, 4.69) is 26.7 Å². The van der Waals surface area contributed by atoms with Gasteiger partial charge in [0, 0.05) is 6.20 Å². The largest absolute Gasteiger partial charge is 0.345 e. The number of aryl methyl sites for hydroxylation is 2. The van der Waals surface area contributed by atoms with Crippen molar-refractivity contribution >= 4 is 5.91 Å². The molecule has 0 saturated heterocycles. The Morgan fingerprint density at radius 3 is 2.83 bits per heavy atom. The lowest BCUT2D eigenvalue weighted by Crippen LogP contribution is -2.23. The van der Waals surface area contributed by atoms with Crippen LogP contribution in [0.3, 0.4) is 0 Å². The van der Waals surface area contributed by atoms with E-state index >= 15 is 0 Å². The number of hydrogen-bond acceptors (Lipinski definition) is 4. The molecular formula is C17H17N5O. The Kier molecular flexibility index (Phi) is 4.14. The Balaban J connectivity index is 1.72. The number of nitrogens with zero attached hydrogens (tertiary/aromatic N) is 4. The third-order valence-corrected chi connectivity index (χ3v) is 3.48. The minimum absolute atomic E-state index is 0.272. The van der Waals surface area contributed by atoms with E-state index in [1.54, 1.807) is 17.1 Å². The Morgan fingerprint density at radius 1 is 1.22 bits per heavy atom. The molecule has 0 aliphatic rings. The number of rotatable bonds is 4. The maximum atomic E-state index is 12.1. The second kappa shape index (κ2) is 6.39. The zero-order valence-electron chi connectivity index (χ0n) is 13.0. The van der Waals surface area contributed by atoms with Gasteiger partial charge in [-0.25, -0.2) is 4.68 Å². The lowest BCUT2D eigenvalue weighted by atomic mass is 10.1. The number of aromatic nitrogens is 4. The van der Waals surface area contributed by atoms with Gasteiger partial charge in [-0.3, -0.25) is 9.78 Å². The molecule has 0 unspecified atom stereocenters. The van der Waals surface area contributed by atoms with Crippen molar-refractivity contribution in [2.75, 3.05) is 0 Å². The highest BCUT2D eigenvalue weighted by molar-refractivity contribution is 5.91. The zero-order valence-corrected chi connectivity index (χ0v) is 13.0. The summed E-state index contributed by atoms with van der Waals surface area (Å²) in [5, 5.41) is 10.8. The van der Waals surface area contributed by atoms with Crippen LogP contribution in [0.25, 0.3) is 5.69 Å². The molecule has 0 radical (unpaired) electrons. The molecule has 1 amide bonds. The lowest BCUT2D eigenvalue weighted by molar-refractivity contribution is 0.0945. The molecular weight excluding hydrogens is 290 g/mol. The number of carbonyl (C=O) groups is 1. The van der Waals surface area contributed by atoms with Gasteiger partial charge in [0.15, 0.2) is 5.69 Å². The minimum atomic E-state index is -0.272. The molecule has 3 rings (SSSR count). The lowest BCUT2D eigenvalue weighted by Gasteiger charge is -2.05. The molecule has 2 aromatic heterocycles. The highest BCUT2D eigenvalue weighted by Gasteiger charge is 2.12. The number of pyridine rings is 1. The highest BCUT2D eigenvalue weighted by atomic mass is 16.2. The predicted molar refractivity (Wildman–Crippen MR) is 86.2 cm³/mol. The summed E-state index contributed by atoms with van der Waals surface area (Å²) in [5.41, 5.74) is 4.24. The van der Waals surface area contributed by atoms with E-state index in [0.29, 0.717) is 6.54 Å². The van der Waals surface area contributed by atoms with Crippen LogP contribution in [0, 0.1) is 13.8 Å². The third kappa shape index (κ3) is 3.42. The average Bonchev–Trinajstić information content (AvgIpc) is 3.03. The standard InChI is InChI=1S/C17H17N5O/c1-12-6-7-16(13(2)9-12)22-11-15(20-21-22)17(23)19-10-14-5-3-4-8-18-14/h3-9,11H,10H2,1-2H3,(H,19,23). The molecule has 0 fully saturated rings. The van der Waals surface area contributed by atoms with Crippen LogP contribution in [0.2, 0.25) is 0 Å². The fourth-order valence-electron chi connectivity index (χ4n) is 2.31. The molecule has 116 valence electrons. The van der Waals surface area contributed by atoms with Gasteiger partial charge in [0.2, 0.25) is 0 Å². The van der Waals surface area contributed by atoms with Crippen molar-refractivity contribution < 1.29 is 4.79 Å². The summed E-state index contributed by atoms with van der Waals surface area (Å²) in [6.45, 7) is 4.40. The first-order valence-corrected chi connectivity index (χ1v) is 7.31. The molecule has 0 spiro atoms. The van der Waals surface area contributed by atoms with Gasteiger partial charge >= 0.3 is 0 Å². The fourth-order valence-corrected chi connectivity index (χ4v) is 2.31. The minimum Gasteiger partial charge on any atom is -0.345 e. The molecule has 1 N–H and O–H groups in total. The Morgan fingerprint density at radius 2 is 2.09 bits per heavy atom. The van der Waals surface area contributed by atoms with Gasteiger partial charge in [-0.2, -0.15) is 0 Å². The van der Waals surface area contributed by atoms with E-state index in [0.717, 1.165) is 16.9 Å². The fraction of sp³-hybridized carbons (Fsp3) is 0.176. The van der Waals surface area contributed by atoms with Crippen LogP contribution in [0.1, 0.15) is 27.3 Å². The van der Waals surface area contributed by atoms with Crippen molar-refractivity contribution in [2.24, 2.45) is 0 Å². The number of hydrogen-bond donors (Lipinski definition) is 1. The van der Waals surface area contributed by atoms with Crippen molar-refractivity contribution in [3.8, 4) is 5.69 Å². The predicted octanol–water partition coefficient (Wildman–Crippen LogP) is 2.21.